The number of nitrogens with zero attached hydrogens (tertiary/aromatic N) is 1. The van der Waals surface area contributed by atoms with Crippen LogP contribution in [0.25, 0.3) is 0 Å². The summed E-state index contributed by atoms with van der Waals surface area (Å²) in [6, 6.07) is 4.60. The molecule has 1 aromatic carbocycles. The molecule has 0 radical (unpaired) electrons. The number of hydrogen-bond acceptors (Lipinski definition) is 2. The molecule has 2 unspecified atom stereocenters. The van der Waals surface area contributed by atoms with Crippen molar-refractivity contribution in [2.75, 3.05) is 6.54 Å². The highest BCUT2D eigenvalue weighted by Crippen LogP contribution is 2.44. The highest BCUT2D eigenvalue weighted by atomic mass is 32.2. The van der Waals surface area contributed by atoms with E-state index >= 15 is 0 Å². The second kappa shape index (κ2) is 2.92. The molecule has 2 aliphatic heterocycles. The minimum atomic E-state index is -4.23. The predicted molar refractivity (Wildman–Crippen MR) is 51.5 cm³/mol. The molecule has 0 amide bonds. The maximum atomic E-state index is 12.4. The summed E-state index contributed by atoms with van der Waals surface area (Å²) in [5, 5.41) is 0. The molecule has 0 spiro atoms. The van der Waals surface area contributed by atoms with Crippen LogP contribution >= 0.6 is 11.9 Å². The maximum Gasteiger partial charge on any atom is 0.416 e. The fourth-order valence-corrected chi connectivity index (χ4v) is 2.97. The second-order valence-corrected chi connectivity index (χ2v) is 4.96. The summed E-state index contributed by atoms with van der Waals surface area (Å²) < 4.78 is 39.4. The highest BCUT2D eigenvalue weighted by Gasteiger charge is 2.40. The van der Waals surface area contributed by atoms with Crippen molar-refractivity contribution in [1.29, 1.82) is 0 Å². The van der Waals surface area contributed by atoms with E-state index in [4.69, 9.17) is 0 Å². The van der Waals surface area contributed by atoms with Gasteiger partial charge in [-0.3, -0.25) is 0 Å². The van der Waals surface area contributed by atoms with E-state index < -0.39 is 11.7 Å². The van der Waals surface area contributed by atoms with Crippen LogP contribution in [0.3, 0.4) is 0 Å². The highest BCUT2D eigenvalue weighted by molar-refractivity contribution is 7.97. The van der Waals surface area contributed by atoms with Crippen LogP contribution in [-0.2, 0) is 12.6 Å². The number of alkyl halides is 3. The van der Waals surface area contributed by atoms with Crippen molar-refractivity contribution < 1.29 is 13.2 Å². The summed E-state index contributed by atoms with van der Waals surface area (Å²) >= 11 is 1.45. The summed E-state index contributed by atoms with van der Waals surface area (Å²) in [5.74, 6) is 0. The molecule has 1 aromatic rings. The molecule has 5 heteroatoms. The lowest BCUT2D eigenvalue weighted by atomic mass is 10.1. The van der Waals surface area contributed by atoms with E-state index in [9.17, 15) is 13.2 Å². The fourth-order valence-electron chi connectivity index (χ4n) is 1.80. The summed E-state index contributed by atoms with van der Waals surface area (Å²) in [7, 11) is 0. The molecule has 0 bridgehead atoms. The zero-order chi connectivity index (χ0) is 10.6. The Morgan fingerprint density at radius 2 is 2.13 bits per heavy atom. The Bertz CT molecular complexity index is 416. The van der Waals surface area contributed by atoms with Gasteiger partial charge in [0, 0.05) is 17.5 Å². The Morgan fingerprint density at radius 3 is 2.87 bits per heavy atom. The lowest BCUT2D eigenvalue weighted by Crippen LogP contribution is -2.10. The van der Waals surface area contributed by atoms with E-state index in [-0.39, 0.29) is 0 Å². The Hall–Kier alpha value is -0.680. The summed E-state index contributed by atoms with van der Waals surface area (Å²) in [6.45, 7) is 1.00. The smallest absolute Gasteiger partial charge is 0.240 e. The zero-order valence-electron chi connectivity index (χ0n) is 7.71. The molecule has 2 aliphatic rings. The van der Waals surface area contributed by atoms with E-state index in [1.54, 1.807) is 6.07 Å². The normalized spacial score (nSPS) is 28.2. The van der Waals surface area contributed by atoms with Crippen molar-refractivity contribution in [3.63, 3.8) is 0 Å². The average Bonchev–Trinajstić information content (AvgIpc) is 2.89. The van der Waals surface area contributed by atoms with E-state index in [1.807, 2.05) is 0 Å². The average molecular weight is 231 g/mol. The molecule has 1 nitrogen and oxygen atoms in total. The minimum absolute atomic E-state index is 0.547. The van der Waals surface area contributed by atoms with Gasteiger partial charge in [-0.1, -0.05) is 6.07 Å². The van der Waals surface area contributed by atoms with E-state index in [1.165, 1.54) is 24.1 Å². The van der Waals surface area contributed by atoms with E-state index in [2.05, 4.69) is 4.31 Å². The Labute approximate surface area is 89.4 Å². The first-order valence-corrected chi connectivity index (χ1v) is 5.46. The molecule has 0 aliphatic carbocycles. The van der Waals surface area contributed by atoms with Crippen molar-refractivity contribution in [2.45, 2.75) is 23.5 Å². The third-order valence-electron chi connectivity index (χ3n) is 2.73. The van der Waals surface area contributed by atoms with Crippen molar-refractivity contribution in [3.8, 4) is 0 Å². The topological polar surface area (TPSA) is 3.01 Å². The van der Waals surface area contributed by atoms with Crippen LogP contribution < -0.4 is 0 Å². The molecule has 2 atom stereocenters. The van der Waals surface area contributed by atoms with Gasteiger partial charge in [-0.2, -0.15) is 13.2 Å². The van der Waals surface area contributed by atoms with Gasteiger partial charge in [-0.05, 0) is 36.1 Å². The third kappa shape index (κ3) is 1.63. The lowest BCUT2D eigenvalue weighted by molar-refractivity contribution is -0.137. The standard InChI is InChI=1S/C10H8F3NS/c11-10(12,13)7-2-1-6-3-8-5-14(8)15-9(6)4-7/h1-2,4,8H,3,5H2. The molecule has 0 saturated carbocycles. The largest absolute Gasteiger partial charge is 0.416 e. The Kier molecular flexibility index (Phi) is 1.86. The van der Waals surface area contributed by atoms with Crippen LogP contribution in [0, 0.1) is 0 Å². The van der Waals surface area contributed by atoms with E-state index in [0.717, 1.165) is 23.4 Å². The van der Waals surface area contributed by atoms with Crippen molar-refractivity contribution in [1.82, 2.24) is 4.31 Å². The van der Waals surface area contributed by atoms with Crippen LogP contribution in [0.15, 0.2) is 23.1 Å². The molecule has 0 N–H and O–H groups in total. The van der Waals surface area contributed by atoms with Crippen molar-refractivity contribution in [3.05, 3.63) is 29.3 Å². The molecule has 1 saturated heterocycles. The quantitative estimate of drug-likeness (QED) is 0.498. The van der Waals surface area contributed by atoms with Crippen molar-refractivity contribution in [2.24, 2.45) is 0 Å². The SMILES string of the molecule is FC(F)(F)c1ccc2c(c1)SN1CC1C2. The number of benzene rings is 1. The molecule has 0 aromatic heterocycles. The van der Waals surface area contributed by atoms with Gasteiger partial charge in [-0.25, -0.2) is 4.31 Å². The van der Waals surface area contributed by atoms with Gasteiger partial charge < -0.3 is 0 Å². The molecular weight excluding hydrogens is 223 g/mol. The zero-order valence-corrected chi connectivity index (χ0v) is 8.53. The summed E-state index contributed by atoms with van der Waals surface area (Å²) in [5.41, 5.74) is 0.501. The van der Waals surface area contributed by atoms with E-state index in [0.29, 0.717) is 6.04 Å². The first-order chi connectivity index (χ1) is 7.04. The molecule has 80 valence electrons. The second-order valence-electron chi connectivity index (χ2n) is 3.87. The van der Waals surface area contributed by atoms with Gasteiger partial charge >= 0.3 is 6.18 Å². The molecular formula is C10H8F3NS. The van der Waals surface area contributed by atoms with Gasteiger partial charge in [0.1, 0.15) is 0 Å². The molecule has 2 heterocycles. The maximum absolute atomic E-state index is 12.4. The molecule has 3 rings (SSSR count). The van der Waals surface area contributed by atoms with Gasteiger partial charge in [0.2, 0.25) is 0 Å². The lowest BCUT2D eigenvalue weighted by Gasteiger charge is -2.17. The summed E-state index contributed by atoms with van der Waals surface area (Å²) in [6.07, 6.45) is -3.34. The van der Waals surface area contributed by atoms with Crippen LogP contribution in [0.4, 0.5) is 13.2 Å². The van der Waals surface area contributed by atoms with Crippen LogP contribution in [0.1, 0.15) is 11.1 Å². The molecule has 15 heavy (non-hydrogen) atoms. The van der Waals surface area contributed by atoms with Gasteiger partial charge in [0.15, 0.2) is 0 Å². The van der Waals surface area contributed by atoms with Gasteiger partial charge in [0.25, 0.3) is 0 Å². The van der Waals surface area contributed by atoms with Crippen molar-refractivity contribution >= 4 is 11.9 Å². The number of hydrogen-bond donors (Lipinski definition) is 0. The van der Waals surface area contributed by atoms with Crippen LogP contribution in [-0.4, -0.2) is 16.9 Å². The monoisotopic (exact) mass is 231 g/mol. The van der Waals surface area contributed by atoms with Gasteiger partial charge in [0.05, 0.1) is 5.56 Å². The fraction of sp³-hybridized carbons (Fsp3) is 0.400. The summed E-state index contributed by atoms with van der Waals surface area (Å²) in [4.78, 5) is 0.763. The number of rotatable bonds is 0. The Morgan fingerprint density at radius 1 is 1.33 bits per heavy atom. The predicted octanol–water partition coefficient (Wildman–Crippen LogP) is 2.95. The third-order valence-corrected chi connectivity index (χ3v) is 3.99. The van der Waals surface area contributed by atoms with Crippen LogP contribution in [0.5, 0.6) is 0 Å². The first-order valence-electron chi connectivity index (χ1n) is 4.69. The molecule has 1 fully saturated rings. The van der Waals surface area contributed by atoms with Gasteiger partial charge in [-0.15, -0.1) is 0 Å². The minimum Gasteiger partial charge on any atom is -0.240 e. The number of fused-ring (bicyclic) bond motifs is 2. The number of halogens is 3. The Balaban J connectivity index is 1.99. The van der Waals surface area contributed by atoms with Crippen LogP contribution in [0.2, 0.25) is 0 Å². The first kappa shape index (κ1) is 9.54.